The number of hydrogen-bond acceptors (Lipinski definition) is 3. The number of hydrogen-bond donors (Lipinski definition) is 2. The third-order valence-electron chi connectivity index (χ3n) is 4.05. The summed E-state index contributed by atoms with van der Waals surface area (Å²) in [6, 6.07) is 14.9. The van der Waals surface area contributed by atoms with Crippen molar-refractivity contribution in [3.05, 3.63) is 48.0 Å². The van der Waals surface area contributed by atoms with Crippen LogP contribution < -0.4 is 10.6 Å². The van der Waals surface area contributed by atoms with Gasteiger partial charge in [-0.1, -0.05) is 49.7 Å². The SMILES string of the molecule is CCCCOCCOCCNC(=NC)NCc1ccc2ccccc2c1.I. The lowest BCUT2D eigenvalue weighted by atomic mass is 10.1. The smallest absolute Gasteiger partial charge is 0.191 e. The number of guanidine groups is 1. The Balaban J connectivity index is 0.00000364. The zero-order chi connectivity index (χ0) is 18.5. The molecule has 0 unspecified atom stereocenters. The van der Waals surface area contributed by atoms with Gasteiger partial charge in [-0.2, -0.15) is 0 Å². The highest BCUT2D eigenvalue weighted by Crippen LogP contribution is 2.15. The maximum absolute atomic E-state index is 5.55. The molecule has 5 nitrogen and oxygen atoms in total. The fraction of sp³-hybridized carbons (Fsp3) is 0.476. The Morgan fingerprint density at radius 1 is 0.926 bits per heavy atom. The third-order valence-corrected chi connectivity index (χ3v) is 4.05. The molecule has 150 valence electrons. The molecule has 2 aromatic rings. The second kappa shape index (κ2) is 14.6. The minimum Gasteiger partial charge on any atom is -0.379 e. The van der Waals surface area contributed by atoms with Gasteiger partial charge in [0.1, 0.15) is 0 Å². The Morgan fingerprint density at radius 3 is 2.41 bits per heavy atom. The predicted octanol–water partition coefficient (Wildman–Crippen LogP) is 3.96. The van der Waals surface area contributed by atoms with Crippen molar-refractivity contribution in [3.8, 4) is 0 Å². The lowest BCUT2D eigenvalue weighted by molar-refractivity contribution is 0.0487. The highest BCUT2D eigenvalue weighted by molar-refractivity contribution is 14.0. The molecule has 0 aliphatic heterocycles. The molecule has 2 N–H and O–H groups in total. The summed E-state index contributed by atoms with van der Waals surface area (Å²) in [6.07, 6.45) is 2.27. The van der Waals surface area contributed by atoms with E-state index in [9.17, 15) is 0 Å². The molecule has 0 saturated carbocycles. The fourth-order valence-corrected chi connectivity index (χ4v) is 2.57. The topological polar surface area (TPSA) is 54.9 Å². The molecule has 0 heterocycles. The number of unbranched alkanes of at least 4 members (excludes halogenated alkanes) is 1. The summed E-state index contributed by atoms with van der Waals surface area (Å²) >= 11 is 0. The minimum absolute atomic E-state index is 0. The molecule has 0 atom stereocenters. The van der Waals surface area contributed by atoms with Gasteiger partial charge in [0.2, 0.25) is 0 Å². The van der Waals surface area contributed by atoms with Crippen molar-refractivity contribution in [2.24, 2.45) is 4.99 Å². The maximum atomic E-state index is 5.55. The Kier molecular flexibility index (Phi) is 12.8. The van der Waals surface area contributed by atoms with Gasteiger partial charge in [-0.3, -0.25) is 4.99 Å². The molecular weight excluding hydrogens is 453 g/mol. The van der Waals surface area contributed by atoms with Crippen LogP contribution in [0.5, 0.6) is 0 Å². The molecule has 0 aliphatic carbocycles. The summed E-state index contributed by atoms with van der Waals surface area (Å²) in [5, 5.41) is 9.11. The van der Waals surface area contributed by atoms with E-state index >= 15 is 0 Å². The zero-order valence-corrected chi connectivity index (χ0v) is 18.7. The standard InChI is InChI=1S/C21H31N3O2.HI/c1-3-4-12-25-14-15-26-13-11-23-21(22-2)24-17-18-9-10-19-7-5-6-8-20(19)16-18;/h5-10,16H,3-4,11-15,17H2,1-2H3,(H2,22,23,24);1H. The molecule has 0 saturated heterocycles. The van der Waals surface area contributed by atoms with Gasteiger partial charge >= 0.3 is 0 Å². The molecule has 0 aromatic heterocycles. The molecule has 2 aromatic carbocycles. The molecule has 0 bridgehead atoms. The first-order valence-corrected chi connectivity index (χ1v) is 9.41. The number of halogens is 1. The molecule has 0 aliphatic rings. The average molecular weight is 485 g/mol. The highest BCUT2D eigenvalue weighted by atomic mass is 127. The van der Waals surface area contributed by atoms with Crippen molar-refractivity contribution in [3.63, 3.8) is 0 Å². The van der Waals surface area contributed by atoms with Gasteiger partial charge in [-0.15, -0.1) is 24.0 Å². The Hall–Kier alpha value is -1.38. The first kappa shape index (κ1) is 23.7. The summed E-state index contributed by atoms with van der Waals surface area (Å²) in [7, 11) is 1.78. The second-order valence-corrected chi connectivity index (χ2v) is 6.11. The van der Waals surface area contributed by atoms with Crippen molar-refractivity contribution in [1.82, 2.24) is 10.6 Å². The van der Waals surface area contributed by atoms with Crippen molar-refractivity contribution < 1.29 is 9.47 Å². The lowest BCUT2D eigenvalue weighted by Crippen LogP contribution is -2.38. The van der Waals surface area contributed by atoms with Crippen LogP contribution in [0.1, 0.15) is 25.3 Å². The Labute approximate surface area is 179 Å². The monoisotopic (exact) mass is 485 g/mol. The van der Waals surface area contributed by atoms with Crippen LogP contribution in [0.25, 0.3) is 10.8 Å². The average Bonchev–Trinajstić information content (AvgIpc) is 2.68. The van der Waals surface area contributed by atoms with Crippen LogP contribution in [0.2, 0.25) is 0 Å². The molecule has 0 fully saturated rings. The van der Waals surface area contributed by atoms with Gasteiger partial charge in [-0.05, 0) is 28.8 Å². The number of fused-ring (bicyclic) bond motifs is 1. The van der Waals surface area contributed by atoms with E-state index in [1.165, 1.54) is 16.3 Å². The van der Waals surface area contributed by atoms with Gasteiger partial charge in [0.25, 0.3) is 0 Å². The normalized spacial score (nSPS) is 11.3. The first-order valence-electron chi connectivity index (χ1n) is 9.41. The van der Waals surface area contributed by atoms with E-state index in [-0.39, 0.29) is 24.0 Å². The minimum atomic E-state index is 0. The molecule has 0 amide bonds. The van der Waals surface area contributed by atoms with E-state index in [1.807, 2.05) is 0 Å². The van der Waals surface area contributed by atoms with E-state index in [1.54, 1.807) is 7.05 Å². The first-order chi connectivity index (χ1) is 12.8. The summed E-state index contributed by atoms with van der Waals surface area (Å²) < 4.78 is 11.0. The van der Waals surface area contributed by atoms with Crippen LogP contribution in [0, 0.1) is 0 Å². The van der Waals surface area contributed by atoms with Crippen molar-refractivity contribution >= 4 is 40.7 Å². The van der Waals surface area contributed by atoms with E-state index in [0.717, 1.165) is 32.0 Å². The van der Waals surface area contributed by atoms with Crippen LogP contribution in [0.3, 0.4) is 0 Å². The number of nitrogens with zero attached hydrogens (tertiary/aromatic N) is 1. The Morgan fingerprint density at radius 2 is 1.67 bits per heavy atom. The van der Waals surface area contributed by atoms with Gasteiger partial charge in [0.05, 0.1) is 19.8 Å². The zero-order valence-electron chi connectivity index (χ0n) is 16.4. The van der Waals surface area contributed by atoms with Gasteiger partial charge < -0.3 is 20.1 Å². The van der Waals surface area contributed by atoms with Crippen LogP contribution in [-0.2, 0) is 16.0 Å². The summed E-state index contributed by atoms with van der Waals surface area (Å²) in [5.74, 6) is 0.779. The van der Waals surface area contributed by atoms with E-state index in [0.29, 0.717) is 26.4 Å². The summed E-state index contributed by atoms with van der Waals surface area (Å²) in [5.41, 5.74) is 1.23. The van der Waals surface area contributed by atoms with Crippen LogP contribution >= 0.6 is 24.0 Å². The maximum Gasteiger partial charge on any atom is 0.191 e. The van der Waals surface area contributed by atoms with E-state index in [4.69, 9.17) is 9.47 Å². The molecule has 27 heavy (non-hydrogen) atoms. The molecule has 0 spiro atoms. The van der Waals surface area contributed by atoms with Gasteiger partial charge in [-0.25, -0.2) is 0 Å². The van der Waals surface area contributed by atoms with Crippen molar-refractivity contribution in [2.45, 2.75) is 26.3 Å². The number of rotatable bonds is 11. The van der Waals surface area contributed by atoms with Crippen LogP contribution in [0.4, 0.5) is 0 Å². The Bertz CT molecular complexity index is 679. The third kappa shape index (κ3) is 9.39. The number of nitrogens with one attached hydrogen (secondary N) is 2. The predicted molar refractivity (Wildman–Crippen MR) is 124 cm³/mol. The lowest BCUT2D eigenvalue weighted by Gasteiger charge is -2.12. The number of aliphatic imine (C=N–C) groups is 1. The second-order valence-electron chi connectivity index (χ2n) is 6.11. The van der Waals surface area contributed by atoms with Crippen LogP contribution in [-0.4, -0.2) is 46.0 Å². The van der Waals surface area contributed by atoms with Crippen molar-refractivity contribution in [1.29, 1.82) is 0 Å². The van der Waals surface area contributed by atoms with Gasteiger partial charge in [0.15, 0.2) is 5.96 Å². The summed E-state index contributed by atoms with van der Waals surface area (Å²) in [4.78, 5) is 4.25. The van der Waals surface area contributed by atoms with E-state index in [2.05, 4.69) is 65.0 Å². The van der Waals surface area contributed by atoms with Crippen molar-refractivity contribution in [2.75, 3.05) is 40.0 Å². The van der Waals surface area contributed by atoms with Gasteiger partial charge in [0, 0.05) is 26.7 Å². The molecule has 0 radical (unpaired) electrons. The highest BCUT2D eigenvalue weighted by Gasteiger charge is 2.00. The molecule has 2 rings (SSSR count). The summed E-state index contributed by atoms with van der Waals surface area (Å²) in [6.45, 7) is 6.36. The molecular formula is C21H32IN3O2. The quantitative estimate of drug-likeness (QED) is 0.219. The van der Waals surface area contributed by atoms with Crippen LogP contribution in [0.15, 0.2) is 47.5 Å². The number of benzene rings is 2. The largest absolute Gasteiger partial charge is 0.379 e. The number of ether oxygens (including phenoxy) is 2. The van der Waals surface area contributed by atoms with E-state index < -0.39 is 0 Å². The molecule has 6 heteroatoms. The fourth-order valence-electron chi connectivity index (χ4n) is 2.57.